The summed E-state index contributed by atoms with van der Waals surface area (Å²) in [6, 6.07) is 11.7. The molecule has 0 aliphatic rings. The molecule has 5 aromatic rings. The standard InChI is InChI=1S/C15H8N6OS/c1-2-9(14-12(3-1)20-23-21-14)13-8(10-6-7-16-17-10)4-5-11-15(13)19-22-18-11/h1-7H,(H,16,17). The molecule has 3 heterocycles. The van der Waals surface area contributed by atoms with Crippen molar-refractivity contribution in [2.45, 2.75) is 0 Å². The van der Waals surface area contributed by atoms with Crippen LogP contribution in [0.25, 0.3) is 44.5 Å². The lowest BCUT2D eigenvalue weighted by Gasteiger charge is -2.08. The Balaban J connectivity index is 1.94. The zero-order valence-corrected chi connectivity index (χ0v) is 12.4. The van der Waals surface area contributed by atoms with Crippen LogP contribution >= 0.6 is 11.7 Å². The van der Waals surface area contributed by atoms with Gasteiger partial charge in [0, 0.05) is 22.9 Å². The second-order valence-electron chi connectivity index (χ2n) is 5.03. The number of aromatic nitrogens is 6. The number of fused-ring (bicyclic) bond motifs is 2. The fourth-order valence-electron chi connectivity index (χ4n) is 2.76. The van der Waals surface area contributed by atoms with Crippen molar-refractivity contribution in [2.24, 2.45) is 0 Å². The maximum absolute atomic E-state index is 4.93. The van der Waals surface area contributed by atoms with E-state index >= 15 is 0 Å². The van der Waals surface area contributed by atoms with Crippen LogP contribution in [-0.2, 0) is 0 Å². The third-order valence-corrected chi connectivity index (χ3v) is 4.32. The second-order valence-corrected chi connectivity index (χ2v) is 5.56. The molecule has 7 nitrogen and oxygen atoms in total. The van der Waals surface area contributed by atoms with Crippen LogP contribution in [0, 0.1) is 0 Å². The van der Waals surface area contributed by atoms with Crippen molar-refractivity contribution in [3.8, 4) is 22.4 Å². The SMILES string of the molecule is c1cc(-c2c(-c3ccn[nH]3)ccc3nonc23)c2nsnc2c1. The van der Waals surface area contributed by atoms with Crippen molar-refractivity contribution in [1.82, 2.24) is 29.3 Å². The van der Waals surface area contributed by atoms with E-state index in [1.54, 1.807) is 6.20 Å². The van der Waals surface area contributed by atoms with Crippen LogP contribution in [0.1, 0.15) is 0 Å². The van der Waals surface area contributed by atoms with Gasteiger partial charge in [-0.2, -0.15) is 13.8 Å². The van der Waals surface area contributed by atoms with E-state index in [1.807, 2.05) is 36.4 Å². The Hall–Kier alpha value is -3.13. The van der Waals surface area contributed by atoms with Gasteiger partial charge < -0.3 is 0 Å². The largest absolute Gasteiger partial charge is 0.278 e. The molecular weight excluding hydrogens is 312 g/mol. The first-order valence-electron chi connectivity index (χ1n) is 6.88. The Kier molecular flexibility index (Phi) is 2.53. The lowest BCUT2D eigenvalue weighted by atomic mass is 9.95. The molecule has 2 aromatic carbocycles. The van der Waals surface area contributed by atoms with Gasteiger partial charge in [-0.25, -0.2) is 4.63 Å². The molecule has 0 bridgehead atoms. The molecular formula is C15H8N6OS. The smallest absolute Gasteiger partial charge is 0.143 e. The number of nitrogens with one attached hydrogen (secondary N) is 1. The average Bonchev–Trinajstić information content (AvgIpc) is 3.32. The molecule has 0 radical (unpaired) electrons. The first kappa shape index (κ1) is 12.4. The highest BCUT2D eigenvalue weighted by molar-refractivity contribution is 7.00. The molecule has 8 heteroatoms. The molecule has 0 saturated heterocycles. The summed E-state index contributed by atoms with van der Waals surface area (Å²) in [6.45, 7) is 0. The number of hydrogen-bond donors (Lipinski definition) is 1. The highest BCUT2D eigenvalue weighted by Crippen LogP contribution is 2.38. The molecule has 23 heavy (non-hydrogen) atoms. The maximum Gasteiger partial charge on any atom is 0.143 e. The summed E-state index contributed by atoms with van der Waals surface area (Å²) in [5.41, 5.74) is 6.80. The molecule has 3 aromatic heterocycles. The zero-order valence-electron chi connectivity index (χ0n) is 11.6. The van der Waals surface area contributed by atoms with Crippen molar-refractivity contribution in [3.63, 3.8) is 0 Å². The van der Waals surface area contributed by atoms with Crippen molar-refractivity contribution >= 4 is 33.8 Å². The maximum atomic E-state index is 4.93. The minimum Gasteiger partial charge on any atom is -0.278 e. The predicted octanol–water partition coefficient (Wildman–Crippen LogP) is 3.28. The van der Waals surface area contributed by atoms with E-state index in [1.165, 1.54) is 11.7 Å². The van der Waals surface area contributed by atoms with Crippen LogP contribution in [0.5, 0.6) is 0 Å². The van der Waals surface area contributed by atoms with E-state index < -0.39 is 0 Å². The molecule has 0 aliphatic carbocycles. The Morgan fingerprint density at radius 1 is 0.870 bits per heavy atom. The average molecular weight is 320 g/mol. The van der Waals surface area contributed by atoms with Crippen molar-refractivity contribution in [1.29, 1.82) is 0 Å². The zero-order chi connectivity index (χ0) is 15.2. The van der Waals surface area contributed by atoms with Gasteiger partial charge in [0.25, 0.3) is 0 Å². The van der Waals surface area contributed by atoms with E-state index in [0.717, 1.165) is 33.4 Å². The minimum absolute atomic E-state index is 0.692. The van der Waals surface area contributed by atoms with E-state index in [-0.39, 0.29) is 0 Å². The van der Waals surface area contributed by atoms with Gasteiger partial charge in [0.05, 0.1) is 17.4 Å². The van der Waals surface area contributed by atoms with Gasteiger partial charge in [-0.05, 0) is 34.6 Å². The highest BCUT2D eigenvalue weighted by Gasteiger charge is 2.19. The molecule has 0 unspecified atom stereocenters. The molecule has 0 spiro atoms. The van der Waals surface area contributed by atoms with Crippen molar-refractivity contribution in [3.05, 3.63) is 42.6 Å². The molecule has 5 rings (SSSR count). The van der Waals surface area contributed by atoms with E-state index in [2.05, 4.69) is 29.3 Å². The number of nitrogens with zero attached hydrogens (tertiary/aromatic N) is 5. The van der Waals surface area contributed by atoms with Gasteiger partial charge in [-0.1, -0.05) is 12.1 Å². The van der Waals surface area contributed by atoms with Crippen LogP contribution in [0.2, 0.25) is 0 Å². The quantitative estimate of drug-likeness (QED) is 0.536. The van der Waals surface area contributed by atoms with Gasteiger partial charge in [0.15, 0.2) is 0 Å². The van der Waals surface area contributed by atoms with Gasteiger partial charge >= 0.3 is 0 Å². The number of H-pyrrole nitrogens is 1. The fraction of sp³-hybridized carbons (Fsp3) is 0. The Morgan fingerprint density at radius 3 is 2.78 bits per heavy atom. The molecule has 0 saturated carbocycles. The molecule has 0 atom stereocenters. The molecule has 0 fully saturated rings. The first-order valence-corrected chi connectivity index (χ1v) is 7.61. The Morgan fingerprint density at radius 2 is 1.87 bits per heavy atom. The number of benzene rings is 2. The fourth-order valence-corrected chi connectivity index (χ4v) is 3.31. The lowest BCUT2D eigenvalue weighted by Crippen LogP contribution is -1.89. The number of hydrogen-bond acceptors (Lipinski definition) is 7. The monoisotopic (exact) mass is 320 g/mol. The molecule has 110 valence electrons. The summed E-state index contributed by atoms with van der Waals surface area (Å²) in [7, 11) is 0. The number of aromatic amines is 1. The third kappa shape index (κ3) is 1.78. The Bertz CT molecular complexity index is 1130. The van der Waals surface area contributed by atoms with Gasteiger partial charge in [-0.3, -0.25) is 5.10 Å². The van der Waals surface area contributed by atoms with Crippen molar-refractivity contribution < 1.29 is 4.63 Å². The topological polar surface area (TPSA) is 93.4 Å². The van der Waals surface area contributed by atoms with E-state index in [0.29, 0.717) is 11.0 Å². The van der Waals surface area contributed by atoms with Gasteiger partial charge in [0.1, 0.15) is 22.1 Å². The van der Waals surface area contributed by atoms with E-state index in [4.69, 9.17) is 4.63 Å². The lowest BCUT2D eigenvalue weighted by molar-refractivity contribution is 0.315. The minimum atomic E-state index is 0.692. The molecule has 1 N–H and O–H groups in total. The van der Waals surface area contributed by atoms with Crippen LogP contribution in [0.15, 0.2) is 47.2 Å². The summed E-state index contributed by atoms with van der Waals surface area (Å²) in [5, 5.41) is 15.1. The molecule has 0 amide bonds. The van der Waals surface area contributed by atoms with Gasteiger partial charge in [0.2, 0.25) is 0 Å². The van der Waals surface area contributed by atoms with Crippen molar-refractivity contribution in [2.75, 3.05) is 0 Å². The summed E-state index contributed by atoms with van der Waals surface area (Å²) >= 11 is 1.19. The molecule has 0 aliphatic heterocycles. The summed E-state index contributed by atoms with van der Waals surface area (Å²) in [5.74, 6) is 0. The highest BCUT2D eigenvalue weighted by atomic mass is 32.1. The van der Waals surface area contributed by atoms with Crippen LogP contribution in [-0.4, -0.2) is 29.3 Å². The van der Waals surface area contributed by atoms with Crippen LogP contribution in [0.3, 0.4) is 0 Å². The summed E-state index contributed by atoms with van der Waals surface area (Å²) in [4.78, 5) is 0. The summed E-state index contributed by atoms with van der Waals surface area (Å²) in [6.07, 6.45) is 1.72. The second kappa shape index (κ2) is 4.68. The first-order chi connectivity index (χ1) is 11.4. The van der Waals surface area contributed by atoms with Gasteiger partial charge in [-0.15, -0.1) is 0 Å². The van der Waals surface area contributed by atoms with Crippen LogP contribution < -0.4 is 0 Å². The third-order valence-electron chi connectivity index (χ3n) is 3.77. The Labute approximate surface area is 133 Å². The normalized spacial score (nSPS) is 11.5. The van der Waals surface area contributed by atoms with Crippen LogP contribution in [0.4, 0.5) is 0 Å². The summed E-state index contributed by atoms with van der Waals surface area (Å²) < 4.78 is 13.7. The number of rotatable bonds is 2. The van der Waals surface area contributed by atoms with E-state index in [9.17, 15) is 0 Å². The predicted molar refractivity (Wildman–Crippen MR) is 85.8 cm³/mol.